The first-order valence-corrected chi connectivity index (χ1v) is 10.4. The summed E-state index contributed by atoms with van der Waals surface area (Å²) in [6, 6.07) is -0.467. The maximum absolute atomic E-state index is 12.8. The van der Waals surface area contributed by atoms with E-state index < -0.39 is 27.4 Å². The van der Waals surface area contributed by atoms with Crippen LogP contribution < -0.4 is 0 Å². The molecule has 0 aromatic rings. The Morgan fingerprint density at radius 3 is 2.33 bits per heavy atom. The number of carbonyl (C=O) groups excluding carboxylic acids is 2. The topological polar surface area (TPSA) is 80.8 Å². The summed E-state index contributed by atoms with van der Waals surface area (Å²) in [5.41, 5.74) is 0. The number of amides is 1. The van der Waals surface area contributed by atoms with E-state index in [1.54, 1.807) is 0 Å². The number of rotatable bonds is 7. The lowest BCUT2D eigenvalue weighted by atomic mass is 9.92. The quantitative estimate of drug-likeness (QED) is 0.698. The van der Waals surface area contributed by atoms with Gasteiger partial charge in [0.15, 0.2) is 0 Å². The molecule has 0 heterocycles. The largest absolute Gasteiger partial charge is 0.448 e. The van der Waals surface area contributed by atoms with E-state index >= 15 is 0 Å². The highest BCUT2D eigenvalue weighted by molar-refractivity contribution is 7.90. The predicted octanol–water partition coefficient (Wildman–Crippen LogP) is 2.97. The van der Waals surface area contributed by atoms with Crippen LogP contribution in [0, 0.1) is 17.8 Å². The number of sulfonamides is 1. The Balaban J connectivity index is 2.20. The maximum Gasteiger partial charge on any atom is 0.423 e. The molecule has 2 rings (SSSR count). The molecule has 0 aliphatic heterocycles. The summed E-state index contributed by atoms with van der Waals surface area (Å²) >= 11 is 0. The summed E-state index contributed by atoms with van der Waals surface area (Å²) in [5.74, 6) is 0.188. The zero-order chi connectivity index (χ0) is 18.1. The number of hydrogen-bond donors (Lipinski definition) is 0. The van der Waals surface area contributed by atoms with Crippen LogP contribution in [0.4, 0.5) is 4.79 Å². The minimum absolute atomic E-state index is 0.0808. The number of hydrogen-bond acceptors (Lipinski definition) is 5. The molecular weight excluding hydrogens is 330 g/mol. The fourth-order valence-electron chi connectivity index (χ4n) is 3.41. The highest BCUT2D eigenvalue weighted by atomic mass is 32.2. The van der Waals surface area contributed by atoms with Gasteiger partial charge in [0.05, 0.1) is 17.9 Å². The summed E-state index contributed by atoms with van der Waals surface area (Å²) in [6.45, 7) is 7.77. The van der Waals surface area contributed by atoms with Crippen LogP contribution in [-0.2, 0) is 19.6 Å². The second-order valence-corrected chi connectivity index (χ2v) is 9.63. The van der Waals surface area contributed by atoms with E-state index in [1.165, 1.54) is 0 Å². The molecule has 0 aromatic heterocycles. The molecule has 3 atom stereocenters. The molecule has 0 saturated heterocycles. The van der Waals surface area contributed by atoms with Gasteiger partial charge < -0.3 is 4.74 Å². The molecule has 6 nitrogen and oxygen atoms in total. The average Bonchev–Trinajstić information content (AvgIpc) is 3.29. The lowest BCUT2D eigenvalue weighted by Gasteiger charge is -2.28. The van der Waals surface area contributed by atoms with Crippen LogP contribution in [0.1, 0.15) is 59.8 Å². The van der Waals surface area contributed by atoms with E-state index in [2.05, 4.69) is 0 Å². The van der Waals surface area contributed by atoms with E-state index in [1.807, 2.05) is 27.7 Å². The SMILES string of the molecule is CCC(=O)[C@@H]1CC(N(C(=O)OCC(C)C)S(=O)(=O)C2CC2)C[C@@H]1C. The van der Waals surface area contributed by atoms with E-state index in [-0.39, 0.29) is 30.1 Å². The molecule has 138 valence electrons. The molecule has 0 radical (unpaired) electrons. The average molecular weight is 359 g/mol. The van der Waals surface area contributed by atoms with Crippen molar-refractivity contribution in [1.29, 1.82) is 0 Å². The van der Waals surface area contributed by atoms with E-state index in [0.717, 1.165) is 4.31 Å². The Labute approximate surface area is 145 Å². The lowest BCUT2D eigenvalue weighted by molar-refractivity contribution is -0.123. The van der Waals surface area contributed by atoms with Crippen LogP contribution in [0.5, 0.6) is 0 Å². The Kier molecular flexibility index (Phi) is 5.94. The Bertz CT molecular complexity index is 582. The molecule has 0 spiro atoms. The highest BCUT2D eigenvalue weighted by Gasteiger charge is 2.49. The van der Waals surface area contributed by atoms with Gasteiger partial charge in [0.25, 0.3) is 0 Å². The molecule has 1 amide bonds. The van der Waals surface area contributed by atoms with Gasteiger partial charge in [-0.2, -0.15) is 0 Å². The van der Waals surface area contributed by atoms with Gasteiger partial charge in [-0.3, -0.25) is 4.79 Å². The third kappa shape index (κ3) is 4.10. The summed E-state index contributed by atoms with van der Waals surface area (Å²) in [7, 11) is -3.69. The molecule has 0 bridgehead atoms. The van der Waals surface area contributed by atoms with Crippen molar-refractivity contribution in [1.82, 2.24) is 4.31 Å². The van der Waals surface area contributed by atoms with Crippen LogP contribution in [0.25, 0.3) is 0 Å². The fraction of sp³-hybridized carbons (Fsp3) is 0.882. The van der Waals surface area contributed by atoms with Crippen LogP contribution in [0.15, 0.2) is 0 Å². The second kappa shape index (κ2) is 7.42. The van der Waals surface area contributed by atoms with Crippen molar-refractivity contribution >= 4 is 21.9 Å². The minimum Gasteiger partial charge on any atom is -0.448 e. The van der Waals surface area contributed by atoms with Crippen molar-refractivity contribution in [3.63, 3.8) is 0 Å². The van der Waals surface area contributed by atoms with Crippen LogP contribution in [-0.4, -0.2) is 42.5 Å². The summed E-state index contributed by atoms with van der Waals surface area (Å²) in [4.78, 5) is 24.6. The molecule has 0 aromatic carbocycles. The zero-order valence-electron chi connectivity index (χ0n) is 15.0. The van der Waals surface area contributed by atoms with Gasteiger partial charge in [0, 0.05) is 12.3 Å². The molecule has 2 fully saturated rings. The van der Waals surface area contributed by atoms with Gasteiger partial charge in [-0.25, -0.2) is 17.5 Å². The maximum atomic E-state index is 12.8. The van der Waals surface area contributed by atoms with Gasteiger partial charge in [-0.05, 0) is 37.5 Å². The first-order chi connectivity index (χ1) is 11.2. The number of ether oxygens (including phenoxy) is 1. The van der Waals surface area contributed by atoms with Crippen molar-refractivity contribution in [3.8, 4) is 0 Å². The normalized spacial score (nSPS) is 27.3. The number of ketones is 1. The van der Waals surface area contributed by atoms with Crippen molar-refractivity contribution < 1.29 is 22.7 Å². The fourth-order valence-corrected chi connectivity index (χ4v) is 5.31. The van der Waals surface area contributed by atoms with Crippen molar-refractivity contribution in [2.75, 3.05) is 6.61 Å². The summed E-state index contributed by atoms with van der Waals surface area (Å²) in [5, 5.41) is -0.472. The van der Waals surface area contributed by atoms with E-state index in [0.29, 0.717) is 32.1 Å². The van der Waals surface area contributed by atoms with Gasteiger partial charge in [-0.1, -0.05) is 27.7 Å². The second-order valence-electron chi connectivity index (χ2n) is 7.54. The molecule has 2 saturated carbocycles. The first kappa shape index (κ1) is 19.2. The molecule has 2 aliphatic carbocycles. The summed E-state index contributed by atoms with van der Waals surface area (Å²) < 4.78 is 31.7. The lowest BCUT2D eigenvalue weighted by Crippen LogP contribution is -2.46. The monoisotopic (exact) mass is 359 g/mol. The van der Waals surface area contributed by atoms with Crippen LogP contribution in [0.2, 0.25) is 0 Å². The van der Waals surface area contributed by atoms with Crippen molar-refractivity contribution in [3.05, 3.63) is 0 Å². The standard InChI is InChI=1S/C17H29NO5S/c1-5-16(19)15-9-13(8-12(15)4)18(17(20)23-10-11(2)3)24(21,22)14-6-7-14/h11-15H,5-10H2,1-4H3/t12-,13?,15+/m0/s1. The number of carbonyl (C=O) groups is 2. The molecule has 0 N–H and O–H groups in total. The van der Waals surface area contributed by atoms with Crippen LogP contribution >= 0.6 is 0 Å². The first-order valence-electron chi connectivity index (χ1n) is 8.91. The molecule has 24 heavy (non-hydrogen) atoms. The highest BCUT2D eigenvalue weighted by Crippen LogP contribution is 2.40. The van der Waals surface area contributed by atoms with Crippen molar-refractivity contribution in [2.45, 2.75) is 71.1 Å². The number of nitrogens with zero attached hydrogens (tertiary/aromatic N) is 1. The van der Waals surface area contributed by atoms with Gasteiger partial charge in [0.2, 0.25) is 10.0 Å². The molecule has 1 unspecified atom stereocenters. The smallest absolute Gasteiger partial charge is 0.423 e. The Morgan fingerprint density at radius 2 is 1.83 bits per heavy atom. The van der Waals surface area contributed by atoms with Gasteiger partial charge in [0.1, 0.15) is 5.78 Å². The van der Waals surface area contributed by atoms with E-state index in [9.17, 15) is 18.0 Å². The molecule has 7 heteroatoms. The van der Waals surface area contributed by atoms with Crippen molar-refractivity contribution in [2.24, 2.45) is 17.8 Å². The number of Topliss-reactive ketones (excluding diaryl/α,β-unsaturated/α-hetero) is 1. The molecule has 2 aliphatic rings. The third-order valence-electron chi connectivity index (χ3n) is 4.89. The summed E-state index contributed by atoms with van der Waals surface area (Å²) in [6.07, 6.45) is 1.79. The predicted molar refractivity (Wildman–Crippen MR) is 90.9 cm³/mol. The third-order valence-corrected chi connectivity index (χ3v) is 7.20. The Morgan fingerprint density at radius 1 is 1.21 bits per heavy atom. The minimum atomic E-state index is -3.69. The van der Waals surface area contributed by atoms with Gasteiger partial charge in [-0.15, -0.1) is 0 Å². The van der Waals surface area contributed by atoms with E-state index in [4.69, 9.17) is 4.74 Å². The Hall–Kier alpha value is -1.11. The van der Waals surface area contributed by atoms with Crippen LogP contribution in [0.3, 0.4) is 0 Å². The van der Waals surface area contributed by atoms with Gasteiger partial charge >= 0.3 is 6.09 Å². The zero-order valence-corrected chi connectivity index (χ0v) is 15.8. The molecular formula is C17H29NO5S.